The van der Waals surface area contributed by atoms with Crippen molar-refractivity contribution in [2.24, 2.45) is 0 Å². The van der Waals surface area contributed by atoms with E-state index in [9.17, 15) is 9.59 Å². The molecule has 1 spiro atoms. The van der Waals surface area contributed by atoms with Gasteiger partial charge in [0.25, 0.3) is 5.91 Å². The zero-order chi connectivity index (χ0) is 14.2. The van der Waals surface area contributed by atoms with E-state index in [1.54, 1.807) is 0 Å². The maximum atomic E-state index is 12.5. The van der Waals surface area contributed by atoms with Crippen molar-refractivity contribution in [1.29, 1.82) is 0 Å². The van der Waals surface area contributed by atoms with E-state index in [0.29, 0.717) is 19.5 Å². The van der Waals surface area contributed by atoms with Crippen LogP contribution in [-0.4, -0.2) is 35.5 Å². The number of nitrogens with zero attached hydrogens (tertiary/aromatic N) is 1. The van der Waals surface area contributed by atoms with E-state index in [0.717, 1.165) is 18.5 Å². The second-order valence-corrected chi connectivity index (χ2v) is 5.50. The molecule has 2 saturated heterocycles. The third-order valence-corrected chi connectivity index (χ3v) is 4.17. The monoisotopic (exact) mass is 273 g/mol. The van der Waals surface area contributed by atoms with Crippen molar-refractivity contribution in [3.63, 3.8) is 0 Å². The van der Waals surface area contributed by atoms with Gasteiger partial charge in [-0.3, -0.25) is 9.69 Å². The van der Waals surface area contributed by atoms with Gasteiger partial charge in [0, 0.05) is 6.54 Å². The van der Waals surface area contributed by atoms with Crippen molar-refractivity contribution < 1.29 is 9.59 Å². The number of benzene rings is 1. The number of amides is 3. The van der Waals surface area contributed by atoms with Crippen molar-refractivity contribution in [3.8, 4) is 0 Å². The van der Waals surface area contributed by atoms with Gasteiger partial charge in [0.05, 0.1) is 6.54 Å². The lowest BCUT2D eigenvalue weighted by molar-refractivity contribution is -0.131. The highest BCUT2D eigenvalue weighted by atomic mass is 16.2. The molecule has 3 rings (SSSR count). The first-order chi connectivity index (χ1) is 9.64. The molecule has 20 heavy (non-hydrogen) atoms. The Bertz CT molecular complexity index is 533. The molecule has 5 heteroatoms. The van der Waals surface area contributed by atoms with E-state index in [2.05, 4.69) is 17.6 Å². The molecule has 3 amide bonds. The SMILES string of the molecule is CCc1ccc(CN2C(=O)NC3(CCNC3)C2=O)cc1. The Labute approximate surface area is 118 Å². The van der Waals surface area contributed by atoms with Crippen LogP contribution in [0.2, 0.25) is 0 Å². The Hall–Kier alpha value is -1.88. The van der Waals surface area contributed by atoms with Crippen LogP contribution >= 0.6 is 0 Å². The second-order valence-electron chi connectivity index (χ2n) is 5.50. The molecule has 2 aliphatic rings. The Kier molecular flexibility index (Phi) is 3.22. The van der Waals surface area contributed by atoms with Gasteiger partial charge < -0.3 is 10.6 Å². The van der Waals surface area contributed by atoms with Gasteiger partial charge >= 0.3 is 6.03 Å². The molecule has 2 heterocycles. The molecule has 0 saturated carbocycles. The maximum absolute atomic E-state index is 12.5. The van der Waals surface area contributed by atoms with Crippen molar-refractivity contribution in [2.45, 2.75) is 31.8 Å². The van der Waals surface area contributed by atoms with Crippen molar-refractivity contribution >= 4 is 11.9 Å². The minimum Gasteiger partial charge on any atom is -0.322 e. The molecule has 0 aromatic heterocycles. The molecule has 1 aromatic rings. The van der Waals surface area contributed by atoms with Gasteiger partial charge in [0.15, 0.2) is 0 Å². The summed E-state index contributed by atoms with van der Waals surface area (Å²) in [6.07, 6.45) is 1.65. The van der Waals surface area contributed by atoms with Crippen LogP contribution in [0.4, 0.5) is 4.79 Å². The molecule has 5 nitrogen and oxygen atoms in total. The Morgan fingerprint density at radius 3 is 2.50 bits per heavy atom. The highest BCUT2D eigenvalue weighted by Gasteiger charge is 2.52. The number of carbonyl (C=O) groups excluding carboxylic acids is 2. The largest absolute Gasteiger partial charge is 0.325 e. The predicted octanol–water partition coefficient (Wildman–Crippen LogP) is 1.03. The third-order valence-electron chi connectivity index (χ3n) is 4.17. The number of urea groups is 1. The molecule has 0 aliphatic carbocycles. The first-order valence-electron chi connectivity index (χ1n) is 7.07. The summed E-state index contributed by atoms with van der Waals surface area (Å²) in [5.41, 5.74) is 1.52. The number of imide groups is 1. The summed E-state index contributed by atoms with van der Waals surface area (Å²) in [6, 6.07) is 7.77. The zero-order valence-corrected chi connectivity index (χ0v) is 11.6. The fourth-order valence-electron chi connectivity index (χ4n) is 2.86. The van der Waals surface area contributed by atoms with Gasteiger partial charge in [0.2, 0.25) is 0 Å². The Balaban J connectivity index is 1.76. The molecule has 1 atom stereocenters. The number of rotatable bonds is 3. The van der Waals surface area contributed by atoms with Crippen molar-refractivity contribution in [2.75, 3.05) is 13.1 Å². The Morgan fingerprint density at radius 1 is 1.20 bits per heavy atom. The van der Waals surface area contributed by atoms with Crippen LogP contribution in [0.1, 0.15) is 24.5 Å². The van der Waals surface area contributed by atoms with Crippen LogP contribution in [0.5, 0.6) is 0 Å². The number of aryl methyl sites for hydroxylation is 1. The quantitative estimate of drug-likeness (QED) is 0.809. The summed E-state index contributed by atoms with van der Waals surface area (Å²) < 4.78 is 0. The minimum atomic E-state index is -0.708. The van der Waals surface area contributed by atoms with Crippen LogP contribution in [0.3, 0.4) is 0 Å². The lowest BCUT2D eigenvalue weighted by Crippen LogP contribution is -2.48. The summed E-state index contributed by atoms with van der Waals surface area (Å²) in [5.74, 6) is -0.105. The average molecular weight is 273 g/mol. The van der Waals surface area contributed by atoms with E-state index in [1.807, 2.05) is 24.3 Å². The first-order valence-corrected chi connectivity index (χ1v) is 7.07. The van der Waals surface area contributed by atoms with Gasteiger partial charge in [-0.15, -0.1) is 0 Å². The van der Waals surface area contributed by atoms with Crippen LogP contribution in [0.15, 0.2) is 24.3 Å². The van der Waals surface area contributed by atoms with Gasteiger partial charge in [-0.05, 0) is 30.5 Å². The summed E-state index contributed by atoms with van der Waals surface area (Å²) in [5, 5.41) is 5.99. The average Bonchev–Trinajstić information content (AvgIpc) is 3.01. The maximum Gasteiger partial charge on any atom is 0.325 e. The van der Waals surface area contributed by atoms with E-state index in [1.165, 1.54) is 10.5 Å². The Morgan fingerprint density at radius 2 is 1.90 bits per heavy atom. The zero-order valence-electron chi connectivity index (χ0n) is 11.6. The molecule has 2 aliphatic heterocycles. The molecule has 106 valence electrons. The molecule has 2 fully saturated rings. The first kappa shape index (κ1) is 13.1. The topological polar surface area (TPSA) is 61.4 Å². The van der Waals surface area contributed by atoms with E-state index >= 15 is 0 Å². The molecular weight excluding hydrogens is 254 g/mol. The van der Waals surface area contributed by atoms with Gasteiger partial charge in [-0.1, -0.05) is 31.2 Å². The second kappa shape index (κ2) is 4.90. The highest BCUT2D eigenvalue weighted by molar-refractivity contribution is 6.07. The molecule has 2 N–H and O–H groups in total. The summed E-state index contributed by atoms with van der Waals surface area (Å²) in [6.45, 7) is 3.74. The molecule has 0 bridgehead atoms. The van der Waals surface area contributed by atoms with Crippen molar-refractivity contribution in [1.82, 2.24) is 15.5 Å². The molecule has 0 radical (unpaired) electrons. The fraction of sp³-hybridized carbons (Fsp3) is 0.467. The number of hydrogen-bond acceptors (Lipinski definition) is 3. The minimum absolute atomic E-state index is 0.105. The van der Waals surface area contributed by atoms with Crippen LogP contribution in [0, 0.1) is 0 Å². The number of carbonyl (C=O) groups is 2. The summed E-state index contributed by atoms with van der Waals surface area (Å²) >= 11 is 0. The van der Waals surface area contributed by atoms with Gasteiger partial charge in [0.1, 0.15) is 5.54 Å². The van der Waals surface area contributed by atoms with E-state index < -0.39 is 5.54 Å². The smallest absolute Gasteiger partial charge is 0.322 e. The van der Waals surface area contributed by atoms with Crippen LogP contribution in [-0.2, 0) is 17.8 Å². The van der Waals surface area contributed by atoms with Crippen LogP contribution in [0.25, 0.3) is 0 Å². The summed E-state index contributed by atoms with van der Waals surface area (Å²) in [4.78, 5) is 25.8. The van der Waals surface area contributed by atoms with Crippen LogP contribution < -0.4 is 10.6 Å². The van der Waals surface area contributed by atoms with E-state index in [-0.39, 0.29) is 11.9 Å². The molecule has 1 aromatic carbocycles. The summed E-state index contributed by atoms with van der Waals surface area (Å²) in [7, 11) is 0. The third kappa shape index (κ3) is 2.08. The van der Waals surface area contributed by atoms with Gasteiger partial charge in [-0.25, -0.2) is 4.79 Å². The molecular formula is C15H19N3O2. The standard InChI is InChI=1S/C15H19N3O2/c1-2-11-3-5-12(6-4-11)9-18-13(19)15(17-14(18)20)7-8-16-10-15/h3-6,16H,2,7-10H2,1H3,(H,17,20). The highest BCUT2D eigenvalue weighted by Crippen LogP contribution is 2.25. The number of hydrogen-bond donors (Lipinski definition) is 2. The lowest BCUT2D eigenvalue weighted by atomic mass is 9.99. The predicted molar refractivity (Wildman–Crippen MR) is 75.1 cm³/mol. The fourth-order valence-corrected chi connectivity index (χ4v) is 2.86. The lowest BCUT2D eigenvalue weighted by Gasteiger charge is -2.19. The van der Waals surface area contributed by atoms with Gasteiger partial charge in [-0.2, -0.15) is 0 Å². The van der Waals surface area contributed by atoms with Crippen molar-refractivity contribution in [3.05, 3.63) is 35.4 Å². The van der Waals surface area contributed by atoms with E-state index in [4.69, 9.17) is 0 Å². The normalized spacial score (nSPS) is 25.6. The molecule has 1 unspecified atom stereocenters. The number of nitrogens with one attached hydrogen (secondary N) is 2.